The van der Waals surface area contributed by atoms with Gasteiger partial charge in [0.25, 0.3) is 0 Å². The first-order valence-electron chi connectivity index (χ1n) is 11.0. The number of para-hydroxylation sites is 1. The molecule has 4 rings (SSSR count). The van der Waals surface area contributed by atoms with E-state index in [1.54, 1.807) is 13.2 Å². The molecule has 0 fully saturated rings. The van der Waals surface area contributed by atoms with Crippen molar-refractivity contribution in [2.24, 2.45) is 0 Å². The zero-order chi connectivity index (χ0) is 24.1. The van der Waals surface area contributed by atoms with Gasteiger partial charge in [-0.05, 0) is 47.4 Å². The van der Waals surface area contributed by atoms with E-state index >= 15 is 0 Å². The van der Waals surface area contributed by atoms with Gasteiger partial charge in [0, 0.05) is 30.1 Å². The Bertz CT molecular complexity index is 1300. The molecule has 0 saturated heterocycles. The number of hydrogen-bond donors (Lipinski definition) is 3. The Morgan fingerprint density at radius 3 is 2.65 bits per heavy atom. The summed E-state index contributed by atoms with van der Waals surface area (Å²) in [6, 6.07) is 18.7. The fourth-order valence-corrected chi connectivity index (χ4v) is 4.23. The molecule has 3 N–H and O–H groups in total. The molecule has 1 heterocycles. The maximum absolute atomic E-state index is 11.9. The number of rotatable bonds is 10. The molecule has 0 aliphatic rings. The summed E-state index contributed by atoms with van der Waals surface area (Å²) in [4.78, 5) is 15.1. The Balaban J connectivity index is 1.46. The van der Waals surface area contributed by atoms with E-state index in [-0.39, 0.29) is 0 Å². The fraction of sp³-hybridized carbons (Fsp3) is 0.222. The van der Waals surface area contributed by atoms with Crippen LogP contribution in [-0.4, -0.2) is 29.2 Å². The van der Waals surface area contributed by atoms with Crippen molar-refractivity contribution in [1.82, 2.24) is 10.3 Å². The minimum absolute atomic E-state index is 0.313. The Hall–Kier alpha value is -3.48. The predicted molar refractivity (Wildman–Crippen MR) is 134 cm³/mol. The van der Waals surface area contributed by atoms with Crippen LogP contribution in [0.5, 0.6) is 11.5 Å². The van der Waals surface area contributed by atoms with Gasteiger partial charge >= 0.3 is 5.97 Å². The molecule has 7 heteroatoms. The van der Waals surface area contributed by atoms with Crippen LogP contribution in [0.3, 0.4) is 0 Å². The lowest BCUT2D eigenvalue weighted by atomic mass is 10.0. The Morgan fingerprint density at radius 1 is 1.12 bits per heavy atom. The average molecular weight is 479 g/mol. The summed E-state index contributed by atoms with van der Waals surface area (Å²) in [5.41, 5.74) is 4.93. The van der Waals surface area contributed by atoms with Gasteiger partial charge in [0.05, 0.1) is 12.1 Å². The van der Waals surface area contributed by atoms with Gasteiger partial charge < -0.3 is 24.9 Å². The number of nitrogens with one attached hydrogen (secondary N) is 2. The van der Waals surface area contributed by atoms with Gasteiger partial charge in [0.1, 0.15) is 12.6 Å². The zero-order valence-electron chi connectivity index (χ0n) is 19.1. The van der Waals surface area contributed by atoms with Crippen LogP contribution in [0.2, 0.25) is 5.02 Å². The number of ether oxygens (including phenoxy) is 2. The minimum Gasteiger partial charge on any atom is -0.493 e. The van der Waals surface area contributed by atoms with Crippen LogP contribution in [0, 0.1) is 6.92 Å². The number of fused-ring (bicyclic) bond motifs is 1. The number of carbonyl (C=O) groups is 1. The van der Waals surface area contributed by atoms with Crippen LogP contribution in [-0.2, 0) is 24.4 Å². The van der Waals surface area contributed by atoms with Crippen molar-refractivity contribution >= 4 is 28.5 Å². The Labute approximate surface area is 203 Å². The number of H-pyrrole nitrogens is 1. The average Bonchev–Trinajstić information content (AvgIpc) is 3.24. The van der Waals surface area contributed by atoms with Crippen LogP contribution in [0.1, 0.15) is 22.3 Å². The van der Waals surface area contributed by atoms with E-state index in [4.69, 9.17) is 21.1 Å². The van der Waals surface area contributed by atoms with Gasteiger partial charge in [0.2, 0.25) is 0 Å². The number of hydrogen-bond acceptors (Lipinski definition) is 4. The topological polar surface area (TPSA) is 83.6 Å². The Kier molecular flexibility index (Phi) is 7.40. The first-order chi connectivity index (χ1) is 16.5. The molecule has 0 spiro atoms. The quantitative estimate of drug-likeness (QED) is 0.280. The molecule has 0 saturated carbocycles. The van der Waals surface area contributed by atoms with Crippen LogP contribution < -0.4 is 14.8 Å². The molecule has 3 aromatic carbocycles. The highest BCUT2D eigenvalue weighted by atomic mass is 35.5. The monoisotopic (exact) mass is 478 g/mol. The molecule has 34 heavy (non-hydrogen) atoms. The number of aromatic nitrogens is 1. The minimum atomic E-state index is -0.915. The van der Waals surface area contributed by atoms with Crippen LogP contribution in [0.4, 0.5) is 0 Å². The van der Waals surface area contributed by atoms with Gasteiger partial charge in [0.15, 0.2) is 11.5 Å². The van der Waals surface area contributed by atoms with E-state index in [1.807, 2.05) is 67.7 Å². The third-order valence-electron chi connectivity index (χ3n) is 5.87. The van der Waals surface area contributed by atoms with Gasteiger partial charge in [-0.2, -0.15) is 0 Å². The number of benzene rings is 3. The standard InChI is InChI=1S/C27H27ClN2O4/c1-17-7-3-4-8-19(17)16-34-26-22(28)11-18(12-25(26)33-2)14-29-24(27(31)32)13-20-15-30-23-10-6-5-9-21(20)23/h3-12,15,24,29-30H,13-14,16H2,1-2H3,(H,31,32). The molecule has 0 aliphatic heterocycles. The van der Waals surface area contributed by atoms with Gasteiger partial charge in [-0.3, -0.25) is 4.79 Å². The molecule has 4 aromatic rings. The first kappa shape index (κ1) is 23.7. The second-order valence-corrected chi connectivity index (χ2v) is 8.57. The molecule has 1 atom stereocenters. The van der Waals surface area contributed by atoms with E-state index in [1.165, 1.54) is 0 Å². The smallest absolute Gasteiger partial charge is 0.321 e. The highest BCUT2D eigenvalue weighted by Gasteiger charge is 2.20. The molecule has 0 bridgehead atoms. The molecular formula is C27H27ClN2O4. The van der Waals surface area contributed by atoms with Crippen LogP contribution in [0.25, 0.3) is 10.9 Å². The SMILES string of the molecule is COc1cc(CNC(Cc2c[nH]c3ccccc23)C(=O)O)cc(Cl)c1OCc1ccccc1C. The molecule has 176 valence electrons. The Morgan fingerprint density at radius 2 is 1.88 bits per heavy atom. The lowest BCUT2D eigenvalue weighted by Gasteiger charge is -2.17. The highest BCUT2D eigenvalue weighted by molar-refractivity contribution is 6.32. The first-order valence-corrected chi connectivity index (χ1v) is 11.4. The van der Waals surface area contributed by atoms with Crippen molar-refractivity contribution in [2.75, 3.05) is 7.11 Å². The lowest BCUT2D eigenvalue weighted by molar-refractivity contribution is -0.139. The number of halogens is 1. The normalized spacial score (nSPS) is 12.0. The molecule has 0 aliphatic carbocycles. The van der Waals surface area contributed by atoms with Crippen molar-refractivity contribution in [3.05, 3.63) is 94.1 Å². The van der Waals surface area contributed by atoms with E-state index in [2.05, 4.69) is 10.3 Å². The summed E-state index contributed by atoms with van der Waals surface area (Å²) >= 11 is 6.52. The molecule has 1 aromatic heterocycles. The summed E-state index contributed by atoms with van der Waals surface area (Å²) in [5, 5.41) is 14.3. The van der Waals surface area contributed by atoms with E-state index in [0.717, 1.165) is 33.2 Å². The third kappa shape index (κ3) is 5.35. The van der Waals surface area contributed by atoms with Gasteiger partial charge in [-0.1, -0.05) is 54.1 Å². The predicted octanol–water partition coefficient (Wildman–Crippen LogP) is 5.50. The largest absolute Gasteiger partial charge is 0.493 e. The van der Waals surface area contributed by atoms with Crippen molar-refractivity contribution in [3.8, 4) is 11.5 Å². The molecule has 6 nitrogen and oxygen atoms in total. The van der Waals surface area contributed by atoms with E-state index in [0.29, 0.717) is 36.1 Å². The summed E-state index contributed by atoms with van der Waals surface area (Å²) in [7, 11) is 1.56. The number of aromatic amines is 1. The van der Waals surface area contributed by atoms with Crippen molar-refractivity contribution in [2.45, 2.75) is 32.5 Å². The lowest BCUT2D eigenvalue weighted by Crippen LogP contribution is -2.38. The third-order valence-corrected chi connectivity index (χ3v) is 6.15. The maximum Gasteiger partial charge on any atom is 0.321 e. The van der Waals surface area contributed by atoms with Crippen molar-refractivity contribution < 1.29 is 19.4 Å². The molecular weight excluding hydrogens is 452 g/mol. The summed E-state index contributed by atoms with van der Waals surface area (Å²) in [6.07, 6.45) is 2.21. The number of carboxylic acids is 1. The van der Waals surface area contributed by atoms with Gasteiger partial charge in [-0.15, -0.1) is 0 Å². The zero-order valence-corrected chi connectivity index (χ0v) is 19.9. The van der Waals surface area contributed by atoms with Crippen molar-refractivity contribution in [3.63, 3.8) is 0 Å². The number of aryl methyl sites for hydroxylation is 1. The van der Waals surface area contributed by atoms with E-state index < -0.39 is 12.0 Å². The van der Waals surface area contributed by atoms with Crippen LogP contribution >= 0.6 is 11.6 Å². The summed E-state index contributed by atoms with van der Waals surface area (Å²) in [6.45, 7) is 2.71. The van der Waals surface area contributed by atoms with Crippen molar-refractivity contribution in [1.29, 1.82) is 0 Å². The van der Waals surface area contributed by atoms with Gasteiger partial charge in [-0.25, -0.2) is 0 Å². The second-order valence-electron chi connectivity index (χ2n) is 8.16. The molecule has 1 unspecified atom stereocenters. The molecule has 0 radical (unpaired) electrons. The number of aliphatic carboxylic acids is 1. The number of carboxylic acid groups (broad SMARTS) is 1. The summed E-state index contributed by atoms with van der Waals surface area (Å²) < 4.78 is 11.5. The van der Waals surface area contributed by atoms with Crippen LogP contribution in [0.15, 0.2) is 66.9 Å². The van der Waals surface area contributed by atoms with E-state index in [9.17, 15) is 9.90 Å². The number of methoxy groups -OCH3 is 1. The fourth-order valence-electron chi connectivity index (χ4n) is 3.95. The second kappa shape index (κ2) is 10.6. The highest BCUT2D eigenvalue weighted by Crippen LogP contribution is 2.37. The maximum atomic E-state index is 11.9. The summed E-state index contributed by atoms with van der Waals surface area (Å²) in [5.74, 6) is 0.0488. The molecule has 0 amide bonds.